The van der Waals surface area contributed by atoms with Crippen LogP contribution in [0.1, 0.15) is 23.1 Å². The molecule has 200 valence electrons. The molecule has 2 atom stereocenters. The summed E-state index contributed by atoms with van der Waals surface area (Å²) in [6.07, 6.45) is -1.84. The summed E-state index contributed by atoms with van der Waals surface area (Å²) in [5.41, 5.74) is 1.30. The summed E-state index contributed by atoms with van der Waals surface area (Å²) >= 11 is 0. The summed E-state index contributed by atoms with van der Waals surface area (Å²) in [5.74, 6) is -0.191. The van der Waals surface area contributed by atoms with E-state index in [0.717, 1.165) is 21.7 Å². The van der Waals surface area contributed by atoms with Gasteiger partial charge in [0.05, 0.1) is 29.9 Å². The minimum absolute atomic E-state index is 0.0731. The minimum Gasteiger partial charge on any atom is -0.348 e. The normalized spacial score (nSPS) is 19.2. The number of halogens is 4. The van der Waals surface area contributed by atoms with Gasteiger partial charge in [-0.1, -0.05) is 12.1 Å². The number of piperidine rings is 1. The number of aryl methyl sites for hydroxylation is 1. The molecule has 9 nitrogen and oxygen atoms in total. The molecule has 1 aromatic carbocycles. The minimum atomic E-state index is -4.73. The molecule has 0 aliphatic carbocycles. The van der Waals surface area contributed by atoms with Gasteiger partial charge in [-0.15, -0.1) is 0 Å². The van der Waals surface area contributed by atoms with Gasteiger partial charge in [-0.25, -0.2) is 27.5 Å². The average Bonchev–Trinajstić information content (AvgIpc) is 3.29. The van der Waals surface area contributed by atoms with Crippen LogP contribution in [0.5, 0.6) is 0 Å². The van der Waals surface area contributed by atoms with Gasteiger partial charge in [0.15, 0.2) is 0 Å². The summed E-state index contributed by atoms with van der Waals surface area (Å²) in [6.45, 7) is 2.27. The smallest absolute Gasteiger partial charge is 0.348 e. The van der Waals surface area contributed by atoms with Gasteiger partial charge in [-0.05, 0) is 37.6 Å². The van der Waals surface area contributed by atoms with Gasteiger partial charge in [0.1, 0.15) is 11.7 Å². The summed E-state index contributed by atoms with van der Waals surface area (Å²) in [7, 11) is -1.72. The third kappa shape index (κ3) is 6.08. The van der Waals surface area contributed by atoms with E-state index in [-0.39, 0.29) is 31.0 Å². The van der Waals surface area contributed by atoms with Crippen LogP contribution >= 0.6 is 0 Å². The average molecular weight is 542 g/mol. The Morgan fingerprint density at radius 2 is 1.97 bits per heavy atom. The van der Waals surface area contributed by atoms with Crippen molar-refractivity contribution in [2.75, 3.05) is 31.7 Å². The highest BCUT2D eigenvalue weighted by molar-refractivity contribution is 7.88. The molecule has 3 aromatic rings. The Kier molecular flexibility index (Phi) is 7.53. The van der Waals surface area contributed by atoms with Crippen molar-refractivity contribution in [3.8, 4) is 16.9 Å². The van der Waals surface area contributed by atoms with Crippen molar-refractivity contribution >= 4 is 16.0 Å². The van der Waals surface area contributed by atoms with E-state index in [1.54, 1.807) is 0 Å². The maximum atomic E-state index is 14.7. The second kappa shape index (κ2) is 10.3. The maximum absolute atomic E-state index is 14.7. The molecule has 1 aliphatic rings. The Labute approximate surface area is 212 Å². The molecule has 0 radical (unpaired) electrons. The Morgan fingerprint density at radius 1 is 1.22 bits per heavy atom. The van der Waals surface area contributed by atoms with Crippen molar-refractivity contribution in [3.05, 3.63) is 53.5 Å². The molecule has 4 rings (SSSR count). The number of sulfonamides is 1. The van der Waals surface area contributed by atoms with Crippen LogP contribution in [0.25, 0.3) is 16.9 Å². The van der Waals surface area contributed by atoms with E-state index >= 15 is 0 Å². The predicted octanol–water partition coefficient (Wildman–Crippen LogP) is 3.16. The zero-order chi connectivity index (χ0) is 27.0. The van der Waals surface area contributed by atoms with Crippen LogP contribution in [-0.4, -0.2) is 71.1 Å². The Bertz CT molecular complexity index is 1380. The molecule has 1 aliphatic heterocycles. The molecular formula is C23H27F4N7O2S. The largest absolute Gasteiger partial charge is 0.419 e. The summed E-state index contributed by atoms with van der Waals surface area (Å²) in [6, 6.07) is 4.84. The Balaban J connectivity index is 1.63. The lowest BCUT2D eigenvalue weighted by Gasteiger charge is -2.33. The van der Waals surface area contributed by atoms with Crippen LogP contribution in [-0.2, 0) is 22.7 Å². The van der Waals surface area contributed by atoms with Crippen molar-refractivity contribution in [3.63, 3.8) is 0 Å². The van der Waals surface area contributed by atoms with E-state index in [1.807, 2.05) is 32.2 Å². The maximum Gasteiger partial charge on any atom is 0.419 e. The molecule has 14 heteroatoms. The van der Waals surface area contributed by atoms with Crippen molar-refractivity contribution in [2.24, 2.45) is 0 Å². The molecule has 1 saturated heterocycles. The van der Waals surface area contributed by atoms with E-state index in [2.05, 4.69) is 25.7 Å². The number of rotatable bonds is 7. The van der Waals surface area contributed by atoms with Gasteiger partial charge >= 0.3 is 6.18 Å². The fourth-order valence-corrected chi connectivity index (χ4v) is 5.10. The topological polar surface area (TPSA) is 105 Å². The first-order valence-electron chi connectivity index (χ1n) is 11.5. The third-order valence-corrected chi connectivity index (χ3v) is 7.40. The molecule has 3 heterocycles. The zero-order valence-electron chi connectivity index (χ0n) is 20.4. The molecule has 2 N–H and O–H groups in total. The van der Waals surface area contributed by atoms with Crippen molar-refractivity contribution in [2.45, 2.75) is 38.3 Å². The van der Waals surface area contributed by atoms with Gasteiger partial charge in [0.2, 0.25) is 16.0 Å². The van der Waals surface area contributed by atoms with Gasteiger partial charge in [-0.3, -0.25) is 0 Å². The summed E-state index contributed by atoms with van der Waals surface area (Å²) < 4.78 is 82.0. The van der Waals surface area contributed by atoms with Crippen LogP contribution in [0.3, 0.4) is 0 Å². The van der Waals surface area contributed by atoms with Crippen molar-refractivity contribution in [1.29, 1.82) is 0 Å². The number of anilines is 1. The third-order valence-electron chi connectivity index (χ3n) is 6.13. The van der Waals surface area contributed by atoms with Crippen molar-refractivity contribution in [1.82, 2.24) is 29.4 Å². The number of nitrogens with zero attached hydrogens (tertiary/aromatic N) is 5. The summed E-state index contributed by atoms with van der Waals surface area (Å²) in [5, 5.41) is 10.0. The lowest BCUT2D eigenvalue weighted by Crippen LogP contribution is -2.49. The SMILES string of the molecule is CNCc1ccc(-n2cc(-c3nc(N[C@H]4CCN(S(C)(=O)=O)C[C@H]4F)ncc3C(F)(F)F)cn2)c(C)c1. The number of hydrogen-bond donors (Lipinski definition) is 2. The van der Waals surface area contributed by atoms with Gasteiger partial charge in [-0.2, -0.15) is 22.6 Å². The van der Waals surface area contributed by atoms with E-state index in [4.69, 9.17) is 0 Å². The highest BCUT2D eigenvalue weighted by atomic mass is 32.2. The fraction of sp³-hybridized carbons (Fsp3) is 0.435. The van der Waals surface area contributed by atoms with E-state index in [1.165, 1.54) is 17.1 Å². The molecule has 1 fully saturated rings. The van der Waals surface area contributed by atoms with E-state index < -0.39 is 39.7 Å². The molecular weight excluding hydrogens is 514 g/mol. The van der Waals surface area contributed by atoms with E-state index in [0.29, 0.717) is 18.4 Å². The number of hydrogen-bond acceptors (Lipinski definition) is 7. The van der Waals surface area contributed by atoms with E-state index in [9.17, 15) is 26.0 Å². The second-order valence-corrected chi connectivity index (χ2v) is 10.9. The second-order valence-electron chi connectivity index (χ2n) is 8.95. The van der Waals surface area contributed by atoms with Crippen LogP contribution in [0.4, 0.5) is 23.5 Å². The monoisotopic (exact) mass is 541 g/mol. The van der Waals surface area contributed by atoms with Gasteiger partial charge in [0.25, 0.3) is 0 Å². The lowest BCUT2D eigenvalue weighted by molar-refractivity contribution is -0.137. The van der Waals surface area contributed by atoms with Crippen molar-refractivity contribution < 1.29 is 26.0 Å². The standard InChI is InChI=1S/C23H27F4N7O2S/c1-14-8-15(9-28-2)4-5-20(14)34-12-16(10-30-34)21-17(23(25,26)27)11-29-22(32-21)31-19-6-7-33(13-18(19)24)37(3,35)36/h4-5,8,10-12,18-19,28H,6-7,9,13H2,1-3H3,(H,29,31,32)/t18-,19+/m1/s1. The highest BCUT2D eigenvalue weighted by Crippen LogP contribution is 2.36. The van der Waals surface area contributed by atoms with Crippen LogP contribution in [0, 0.1) is 6.92 Å². The van der Waals surface area contributed by atoms with Crippen LogP contribution in [0.15, 0.2) is 36.8 Å². The highest BCUT2D eigenvalue weighted by Gasteiger charge is 2.37. The molecule has 0 bridgehead atoms. The number of alkyl halides is 4. The quantitative estimate of drug-likeness (QED) is 0.443. The molecule has 37 heavy (non-hydrogen) atoms. The molecule has 0 spiro atoms. The summed E-state index contributed by atoms with van der Waals surface area (Å²) in [4.78, 5) is 7.83. The zero-order valence-corrected chi connectivity index (χ0v) is 21.2. The van der Waals surface area contributed by atoms with Gasteiger partial charge in [0, 0.05) is 37.6 Å². The van der Waals surface area contributed by atoms with Gasteiger partial charge < -0.3 is 10.6 Å². The first kappa shape index (κ1) is 26.9. The Morgan fingerprint density at radius 3 is 2.59 bits per heavy atom. The molecule has 0 amide bonds. The molecule has 0 saturated carbocycles. The lowest BCUT2D eigenvalue weighted by atomic mass is 10.1. The van der Waals surface area contributed by atoms with Crippen LogP contribution in [0.2, 0.25) is 0 Å². The first-order valence-corrected chi connectivity index (χ1v) is 13.3. The fourth-order valence-electron chi connectivity index (χ4n) is 4.25. The number of nitrogens with one attached hydrogen (secondary N) is 2. The predicted molar refractivity (Wildman–Crippen MR) is 130 cm³/mol. The van der Waals surface area contributed by atoms with Crippen LogP contribution < -0.4 is 10.6 Å². The molecule has 0 unspecified atom stereocenters. The molecule has 2 aromatic heterocycles. The Hall–Kier alpha value is -3.10. The number of benzene rings is 1. The number of aromatic nitrogens is 4. The first-order chi connectivity index (χ1) is 17.4.